The number of hydrogen-bond donors (Lipinski definition) is 2. The summed E-state index contributed by atoms with van der Waals surface area (Å²) in [5.41, 5.74) is 2.97. The lowest BCUT2D eigenvalue weighted by atomic mass is 10.2. The number of piperazine rings is 1. The molecule has 0 aromatic carbocycles. The first kappa shape index (κ1) is 21.7. The third-order valence-electron chi connectivity index (χ3n) is 4.35. The Morgan fingerprint density at radius 2 is 1.90 bits per heavy atom. The third-order valence-corrected chi connectivity index (χ3v) is 4.54. The van der Waals surface area contributed by atoms with Crippen molar-refractivity contribution < 1.29 is 23.1 Å². The second-order valence-electron chi connectivity index (χ2n) is 6.37. The fourth-order valence-corrected chi connectivity index (χ4v) is 3.05. The molecule has 0 amide bonds. The molecule has 3 aromatic heterocycles. The highest BCUT2D eigenvalue weighted by Crippen LogP contribution is 2.20. The van der Waals surface area contributed by atoms with E-state index in [4.69, 9.17) is 21.5 Å². The average Bonchev–Trinajstić information content (AvgIpc) is 3.10. The number of hydrogen-bond acceptors (Lipinski definition) is 7. The molecule has 0 radical (unpaired) electrons. The SMILES string of the molecule is Clc1cc2[nH]cc(CN3CCN(c4cnccn4)CC3)c2nn1.O=C(O)C(F)(F)F. The van der Waals surface area contributed by atoms with Crippen LogP contribution in [0.5, 0.6) is 0 Å². The molecule has 4 heterocycles. The molecule has 9 nitrogen and oxygen atoms in total. The quantitative estimate of drug-likeness (QED) is 0.634. The molecule has 0 atom stereocenters. The Labute approximate surface area is 173 Å². The smallest absolute Gasteiger partial charge is 0.475 e. The minimum Gasteiger partial charge on any atom is -0.475 e. The van der Waals surface area contributed by atoms with Gasteiger partial charge in [-0.3, -0.25) is 9.88 Å². The first-order chi connectivity index (χ1) is 14.2. The summed E-state index contributed by atoms with van der Waals surface area (Å²) >= 11 is 5.87. The minimum atomic E-state index is -5.08. The van der Waals surface area contributed by atoms with E-state index in [1.54, 1.807) is 18.5 Å². The van der Waals surface area contributed by atoms with Gasteiger partial charge in [0.25, 0.3) is 0 Å². The molecule has 160 valence electrons. The molecule has 30 heavy (non-hydrogen) atoms. The van der Waals surface area contributed by atoms with Crippen molar-refractivity contribution in [3.05, 3.63) is 41.6 Å². The van der Waals surface area contributed by atoms with E-state index in [-0.39, 0.29) is 0 Å². The number of carbonyl (C=O) groups is 1. The molecule has 3 aromatic rings. The highest BCUT2D eigenvalue weighted by Gasteiger charge is 2.38. The standard InChI is InChI=1S/C15H16ClN7.C2HF3O2/c16-13-7-12-15(21-20-13)11(8-19-12)10-22-3-5-23(6-4-22)14-9-17-1-2-18-14;3-2(4,5)1(6)7/h1-2,7-9,19H,3-6,10H2;(H,6,7). The van der Waals surface area contributed by atoms with Crippen LogP contribution in [0.25, 0.3) is 11.0 Å². The zero-order valence-corrected chi connectivity index (χ0v) is 16.2. The normalized spacial score (nSPS) is 15.0. The number of carboxylic acid groups (broad SMARTS) is 1. The second-order valence-corrected chi connectivity index (χ2v) is 6.76. The van der Waals surface area contributed by atoms with Crippen LogP contribution < -0.4 is 4.90 Å². The van der Waals surface area contributed by atoms with Crippen molar-refractivity contribution in [3.63, 3.8) is 0 Å². The van der Waals surface area contributed by atoms with Crippen LogP contribution in [0.15, 0.2) is 30.9 Å². The van der Waals surface area contributed by atoms with E-state index < -0.39 is 12.1 Å². The van der Waals surface area contributed by atoms with Gasteiger partial charge in [-0.05, 0) is 0 Å². The number of rotatable bonds is 3. The average molecular weight is 444 g/mol. The molecule has 2 N–H and O–H groups in total. The predicted molar refractivity (Wildman–Crippen MR) is 102 cm³/mol. The van der Waals surface area contributed by atoms with Crippen molar-refractivity contribution >= 4 is 34.4 Å². The molecule has 0 unspecified atom stereocenters. The van der Waals surface area contributed by atoms with Crippen molar-refractivity contribution in [1.82, 2.24) is 30.0 Å². The number of alkyl halides is 3. The summed E-state index contributed by atoms with van der Waals surface area (Å²) in [5.74, 6) is -1.81. The zero-order valence-electron chi connectivity index (χ0n) is 15.5. The van der Waals surface area contributed by atoms with Crippen LogP contribution in [0.1, 0.15) is 5.56 Å². The van der Waals surface area contributed by atoms with Gasteiger partial charge in [0.2, 0.25) is 0 Å². The molecule has 0 spiro atoms. The molecule has 0 aliphatic carbocycles. The topological polar surface area (TPSA) is 111 Å². The van der Waals surface area contributed by atoms with Crippen molar-refractivity contribution in [1.29, 1.82) is 0 Å². The van der Waals surface area contributed by atoms with Gasteiger partial charge in [0.05, 0.1) is 11.7 Å². The first-order valence-electron chi connectivity index (χ1n) is 8.76. The number of aromatic amines is 1. The number of carboxylic acids is 1. The third kappa shape index (κ3) is 5.54. The van der Waals surface area contributed by atoms with Crippen LogP contribution >= 0.6 is 11.6 Å². The monoisotopic (exact) mass is 443 g/mol. The Bertz CT molecular complexity index is 992. The van der Waals surface area contributed by atoms with Crippen LogP contribution in [0, 0.1) is 0 Å². The summed E-state index contributed by atoms with van der Waals surface area (Å²) in [7, 11) is 0. The number of anilines is 1. The van der Waals surface area contributed by atoms with Gasteiger partial charge in [0.1, 0.15) is 11.3 Å². The van der Waals surface area contributed by atoms with E-state index >= 15 is 0 Å². The van der Waals surface area contributed by atoms with E-state index in [2.05, 4.69) is 34.9 Å². The van der Waals surface area contributed by atoms with Crippen LogP contribution in [0.2, 0.25) is 5.15 Å². The second kappa shape index (κ2) is 9.22. The number of nitrogens with zero attached hydrogens (tertiary/aromatic N) is 6. The van der Waals surface area contributed by atoms with Crippen molar-refractivity contribution in [2.45, 2.75) is 12.7 Å². The van der Waals surface area contributed by atoms with Crippen LogP contribution in [-0.4, -0.2) is 73.5 Å². The number of aromatic nitrogens is 5. The summed E-state index contributed by atoms with van der Waals surface area (Å²) < 4.78 is 31.7. The molecule has 1 aliphatic heterocycles. The van der Waals surface area contributed by atoms with E-state index in [0.717, 1.165) is 55.1 Å². The van der Waals surface area contributed by atoms with Crippen molar-refractivity contribution in [2.24, 2.45) is 0 Å². The van der Waals surface area contributed by atoms with Crippen molar-refractivity contribution in [2.75, 3.05) is 31.1 Å². The van der Waals surface area contributed by atoms with Gasteiger partial charge in [-0.2, -0.15) is 13.2 Å². The number of aliphatic carboxylic acids is 1. The van der Waals surface area contributed by atoms with E-state index in [9.17, 15) is 13.2 Å². The molecule has 13 heteroatoms. The maximum Gasteiger partial charge on any atom is 0.490 e. The zero-order chi connectivity index (χ0) is 21.7. The van der Waals surface area contributed by atoms with E-state index in [0.29, 0.717) is 5.15 Å². The number of fused-ring (bicyclic) bond motifs is 1. The van der Waals surface area contributed by atoms with Crippen LogP contribution in [0.3, 0.4) is 0 Å². The number of H-pyrrole nitrogens is 1. The van der Waals surface area contributed by atoms with Gasteiger partial charge in [-0.25, -0.2) is 9.78 Å². The highest BCUT2D eigenvalue weighted by molar-refractivity contribution is 6.29. The molecule has 1 saturated heterocycles. The molecular weight excluding hydrogens is 427 g/mol. The lowest BCUT2D eigenvalue weighted by Crippen LogP contribution is -2.46. The summed E-state index contributed by atoms with van der Waals surface area (Å²) in [4.78, 5) is 25.3. The molecule has 0 saturated carbocycles. The molecular formula is C17H17ClF3N7O2. The minimum absolute atomic E-state index is 0.406. The maximum atomic E-state index is 10.6. The number of nitrogens with one attached hydrogen (secondary N) is 1. The fraction of sp³-hybridized carbons (Fsp3) is 0.353. The van der Waals surface area contributed by atoms with Crippen LogP contribution in [0.4, 0.5) is 19.0 Å². The van der Waals surface area contributed by atoms with E-state index in [1.165, 1.54) is 0 Å². The summed E-state index contributed by atoms with van der Waals surface area (Å²) in [6, 6.07) is 1.80. The van der Waals surface area contributed by atoms with Crippen LogP contribution in [-0.2, 0) is 11.3 Å². The van der Waals surface area contributed by atoms with Crippen molar-refractivity contribution in [3.8, 4) is 0 Å². The molecule has 0 bridgehead atoms. The largest absolute Gasteiger partial charge is 0.490 e. The number of halogens is 4. The first-order valence-corrected chi connectivity index (χ1v) is 9.14. The van der Waals surface area contributed by atoms with E-state index in [1.807, 2.05) is 12.4 Å². The molecule has 1 aliphatic rings. The van der Waals surface area contributed by atoms with Gasteiger partial charge in [0.15, 0.2) is 5.15 Å². The Morgan fingerprint density at radius 3 is 2.50 bits per heavy atom. The summed E-state index contributed by atoms with van der Waals surface area (Å²) in [6.45, 7) is 4.69. The maximum absolute atomic E-state index is 10.6. The fourth-order valence-electron chi connectivity index (χ4n) is 2.90. The molecule has 4 rings (SSSR count). The van der Waals surface area contributed by atoms with Gasteiger partial charge < -0.3 is 15.0 Å². The summed E-state index contributed by atoms with van der Waals surface area (Å²) in [6.07, 6.45) is 2.15. The Balaban J connectivity index is 0.000000318. The van der Waals surface area contributed by atoms with Gasteiger partial charge in [0, 0.05) is 62.9 Å². The highest BCUT2D eigenvalue weighted by atomic mass is 35.5. The van der Waals surface area contributed by atoms with Gasteiger partial charge >= 0.3 is 12.1 Å². The van der Waals surface area contributed by atoms with Gasteiger partial charge in [-0.15, -0.1) is 10.2 Å². The predicted octanol–water partition coefficient (Wildman–Crippen LogP) is 2.36. The Hall–Kier alpha value is -2.99. The summed E-state index contributed by atoms with van der Waals surface area (Å²) in [5, 5.41) is 15.7. The van der Waals surface area contributed by atoms with Gasteiger partial charge in [-0.1, -0.05) is 11.6 Å². The Kier molecular flexibility index (Phi) is 6.67. The lowest BCUT2D eigenvalue weighted by molar-refractivity contribution is -0.192. The Morgan fingerprint density at radius 1 is 1.20 bits per heavy atom. The lowest BCUT2D eigenvalue weighted by Gasteiger charge is -2.35. The molecule has 1 fully saturated rings.